The maximum Gasteiger partial charge on any atom is 2.00 e. The number of ether oxygens (including phenoxy) is 1. The molecule has 4 heteroatoms. The van der Waals surface area contributed by atoms with E-state index in [0.717, 1.165) is 0 Å². The molecule has 10 heavy (non-hydrogen) atoms. The number of ketones is 1. The molecule has 0 saturated carbocycles. The van der Waals surface area contributed by atoms with Crippen molar-refractivity contribution in [3.63, 3.8) is 0 Å². The zero-order chi connectivity index (χ0) is 7.28. The molecular weight excluding hydrogens is 160 g/mol. The van der Waals surface area contributed by atoms with E-state index in [1.54, 1.807) is 6.92 Å². The SMILES string of the molecule is CCOC(=O)CC(C)=O.[Ca+2]. The Morgan fingerprint density at radius 2 is 1.90 bits per heavy atom. The minimum absolute atomic E-state index is 0. The Bertz CT molecular complexity index is 122. The van der Waals surface area contributed by atoms with Crippen LogP contribution in [0.5, 0.6) is 0 Å². The first kappa shape index (κ1) is 13.0. The summed E-state index contributed by atoms with van der Waals surface area (Å²) in [4.78, 5) is 20.6. The minimum Gasteiger partial charge on any atom is -0.466 e. The Hall–Kier alpha value is 0.400. The number of rotatable bonds is 3. The van der Waals surface area contributed by atoms with Crippen LogP contribution in [0.4, 0.5) is 0 Å². The van der Waals surface area contributed by atoms with Crippen LogP contribution in [0.25, 0.3) is 0 Å². The third-order valence-electron chi connectivity index (χ3n) is 0.699. The number of hydrogen-bond acceptors (Lipinski definition) is 3. The average Bonchev–Trinajstić information content (AvgIpc) is 1.63. The molecule has 0 spiro atoms. The Morgan fingerprint density at radius 1 is 1.40 bits per heavy atom. The molecule has 0 fully saturated rings. The normalized spacial score (nSPS) is 7.80. The van der Waals surface area contributed by atoms with Crippen molar-refractivity contribution in [2.45, 2.75) is 20.3 Å². The Morgan fingerprint density at radius 3 is 2.20 bits per heavy atom. The topological polar surface area (TPSA) is 43.4 Å². The van der Waals surface area contributed by atoms with Gasteiger partial charge in [-0.15, -0.1) is 0 Å². The molecule has 0 bridgehead atoms. The molecular formula is C6H10CaO3+2. The molecule has 0 aliphatic heterocycles. The maximum absolute atomic E-state index is 10.4. The predicted molar refractivity (Wildman–Crippen MR) is 37.7 cm³/mol. The Labute approximate surface area is 90.1 Å². The molecule has 3 nitrogen and oxygen atoms in total. The summed E-state index contributed by atoms with van der Waals surface area (Å²) in [5.74, 6) is -0.599. The molecule has 0 aliphatic carbocycles. The van der Waals surface area contributed by atoms with E-state index in [4.69, 9.17) is 0 Å². The van der Waals surface area contributed by atoms with Gasteiger partial charge in [-0.25, -0.2) is 0 Å². The van der Waals surface area contributed by atoms with E-state index in [1.165, 1.54) is 6.92 Å². The van der Waals surface area contributed by atoms with E-state index in [2.05, 4.69) is 4.74 Å². The molecule has 0 atom stereocenters. The van der Waals surface area contributed by atoms with Gasteiger partial charge in [0, 0.05) is 0 Å². The van der Waals surface area contributed by atoms with Crippen LogP contribution in [-0.2, 0) is 14.3 Å². The van der Waals surface area contributed by atoms with Gasteiger partial charge in [-0.2, -0.15) is 0 Å². The molecule has 0 heterocycles. The van der Waals surface area contributed by atoms with Crippen molar-refractivity contribution in [2.75, 3.05) is 6.61 Å². The zero-order valence-corrected chi connectivity index (χ0v) is 8.55. The van der Waals surface area contributed by atoms with Crippen LogP contribution in [-0.4, -0.2) is 56.1 Å². The number of Topliss-reactive ketones (excluding diaryl/α,β-unsaturated/α-hetero) is 1. The second kappa shape index (κ2) is 7.51. The molecule has 0 saturated heterocycles. The average molecular weight is 170 g/mol. The van der Waals surface area contributed by atoms with E-state index in [1.807, 2.05) is 0 Å². The summed E-state index contributed by atoms with van der Waals surface area (Å²) in [6, 6.07) is 0. The van der Waals surface area contributed by atoms with Gasteiger partial charge in [-0.3, -0.25) is 9.59 Å². The van der Waals surface area contributed by atoms with Gasteiger partial charge in [0.25, 0.3) is 0 Å². The largest absolute Gasteiger partial charge is 2.00 e. The number of carbonyl (C=O) groups is 2. The van der Waals surface area contributed by atoms with Crippen molar-refractivity contribution in [2.24, 2.45) is 0 Å². The number of esters is 1. The van der Waals surface area contributed by atoms with Crippen molar-refractivity contribution in [3.05, 3.63) is 0 Å². The van der Waals surface area contributed by atoms with Crippen LogP contribution in [0.3, 0.4) is 0 Å². The summed E-state index contributed by atoms with van der Waals surface area (Å²) in [5, 5.41) is 0. The van der Waals surface area contributed by atoms with Crippen LogP contribution >= 0.6 is 0 Å². The van der Waals surface area contributed by atoms with E-state index in [-0.39, 0.29) is 49.9 Å². The fourth-order valence-corrected chi connectivity index (χ4v) is 0.415. The summed E-state index contributed by atoms with van der Waals surface area (Å²) < 4.78 is 4.49. The maximum atomic E-state index is 10.4. The molecule has 0 N–H and O–H groups in total. The number of carbonyl (C=O) groups excluding carboxylic acids is 2. The van der Waals surface area contributed by atoms with Gasteiger partial charge in [0.2, 0.25) is 0 Å². The van der Waals surface area contributed by atoms with Crippen molar-refractivity contribution in [3.8, 4) is 0 Å². The summed E-state index contributed by atoms with van der Waals surface area (Å²) in [7, 11) is 0. The van der Waals surface area contributed by atoms with Gasteiger partial charge in [0.05, 0.1) is 6.61 Å². The predicted octanol–water partition coefficient (Wildman–Crippen LogP) is 0.148. The van der Waals surface area contributed by atoms with Crippen LogP contribution in [0.15, 0.2) is 0 Å². The molecule has 0 aromatic rings. The standard InChI is InChI=1S/C6H10O3.Ca/c1-3-9-6(8)4-5(2)7;/h3-4H2,1-2H3;/q;+2. The van der Waals surface area contributed by atoms with E-state index in [0.29, 0.717) is 6.61 Å². The van der Waals surface area contributed by atoms with E-state index >= 15 is 0 Å². The van der Waals surface area contributed by atoms with Gasteiger partial charge < -0.3 is 4.74 Å². The van der Waals surface area contributed by atoms with Gasteiger partial charge >= 0.3 is 43.7 Å². The monoisotopic (exact) mass is 170 g/mol. The first-order valence-corrected chi connectivity index (χ1v) is 2.82. The fourth-order valence-electron chi connectivity index (χ4n) is 0.415. The molecule has 0 aromatic heterocycles. The molecule has 52 valence electrons. The number of hydrogen-bond donors (Lipinski definition) is 0. The van der Waals surface area contributed by atoms with Gasteiger partial charge in [0.15, 0.2) is 0 Å². The van der Waals surface area contributed by atoms with Crippen LogP contribution in [0.2, 0.25) is 0 Å². The van der Waals surface area contributed by atoms with Gasteiger partial charge in [-0.05, 0) is 13.8 Å². The van der Waals surface area contributed by atoms with E-state index < -0.39 is 5.97 Å². The summed E-state index contributed by atoms with van der Waals surface area (Å²) in [6.45, 7) is 3.40. The van der Waals surface area contributed by atoms with Gasteiger partial charge in [0.1, 0.15) is 12.2 Å². The summed E-state index contributed by atoms with van der Waals surface area (Å²) in [6.07, 6.45) is -0.103. The second-order valence-electron chi connectivity index (χ2n) is 1.68. The van der Waals surface area contributed by atoms with Crippen molar-refractivity contribution in [1.29, 1.82) is 0 Å². The van der Waals surface area contributed by atoms with Crippen molar-refractivity contribution < 1.29 is 14.3 Å². The van der Waals surface area contributed by atoms with Gasteiger partial charge in [-0.1, -0.05) is 0 Å². The second-order valence-corrected chi connectivity index (χ2v) is 1.68. The first-order valence-electron chi connectivity index (χ1n) is 2.82. The Balaban J connectivity index is 0. The Kier molecular flexibility index (Phi) is 9.78. The third kappa shape index (κ3) is 8.40. The fraction of sp³-hybridized carbons (Fsp3) is 0.667. The van der Waals surface area contributed by atoms with Crippen LogP contribution in [0.1, 0.15) is 20.3 Å². The summed E-state index contributed by atoms with van der Waals surface area (Å²) >= 11 is 0. The minimum atomic E-state index is -0.440. The van der Waals surface area contributed by atoms with Crippen LogP contribution < -0.4 is 0 Å². The molecule has 0 aliphatic rings. The van der Waals surface area contributed by atoms with Crippen molar-refractivity contribution in [1.82, 2.24) is 0 Å². The molecule has 0 unspecified atom stereocenters. The zero-order valence-electron chi connectivity index (χ0n) is 6.35. The quantitative estimate of drug-likeness (QED) is 0.344. The first-order chi connectivity index (χ1) is 4.16. The van der Waals surface area contributed by atoms with E-state index in [9.17, 15) is 9.59 Å². The third-order valence-corrected chi connectivity index (χ3v) is 0.699. The van der Waals surface area contributed by atoms with Crippen molar-refractivity contribution >= 4 is 49.5 Å². The molecule has 0 radical (unpaired) electrons. The molecule has 0 amide bonds. The molecule has 0 rings (SSSR count). The smallest absolute Gasteiger partial charge is 0.466 e. The summed E-state index contributed by atoms with van der Waals surface area (Å²) in [5.41, 5.74) is 0. The van der Waals surface area contributed by atoms with Crippen LogP contribution in [0, 0.1) is 0 Å². The molecule has 0 aromatic carbocycles.